The van der Waals surface area contributed by atoms with Crippen LogP contribution in [0.2, 0.25) is 0 Å². The minimum atomic E-state index is -0.600. The maximum atomic E-state index is 6.72. The van der Waals surface area contributed by atoms with Gasteiger partial charge >= 0.3 is 0 Å². The summed E-state index contributed by atoms with van der Waals surface area (Å²) in [6.45, 7) is 0. The summed E-state index contributed by atoms with van der Waals surface area (Å²) in [5.74, 6) is 2.49. The van der Waals surface area contributed by atoms with Crippen LogP contribution in [0, 0.1) is 0 Å². The van der Waals surface area contributed by atoms with E-state index in [2.05, 4.69) is 237 Å². The molecule has 1 aromatic heterocycles. The van der Waals surface area contributed by atoms with E-state index in [1.165, 1.54) is 44.5 Å². The van der Waals surface area contributed by atoms with E-state index >= 15 is 0 Å². The standard InChI is InChI=1S/C64H40N2O/c1-2-19-42(20-3-1)58-40-59(66-62(65-58)48-26-17-21-41-18-4-5-24-46(41)48)45-23-16-22-43(38-45)44-36-37-51-49(39-44)47-25-6-7-27-50(47)63(51)52-28-8-10-30-54(52)64(55-31-11-9-29-53(55)63)56-32-12-14-34-60(56)67-61-35-15-13-33-57(61)64/h1-40H. The molecule has 0 unspecified atom stereocenters. The molecule has 3 heteroatoms. The van der Waals surface area contributed by atoms with Gasteiger partial charge < -0.3 is 4.74 Å². The van der Waals surface area contributed by atoms with Gasteiger partial charge in [0.25, 0.3) is 0 Å². The molecular formula is C64H40N2O. The van der Waals surface area contributed by atoms with E-state index in [0.29, 0.717) is 5.82 Å². The number of nitrogens with zero attached hydrogens (tertiary/aromatic N) is 2. The van der Waals surface area contributed by atoms with Crippen LogP contribution in [0.4, 0.5) is 0 Å². The van der Waals surface area contributed by atoms with Crippen molar-refractivity contribution in [3.05, 3.63) is 287 Å². The predicted octanol–water partition coefficient (Wildman–Crippen LogP) is 15.5. The molecule has 67 heavy (non-hydrogen) atoms. The van der Waals surface area contributed by atoms with Crippen molar-refractivity contribution in [3.63, 3.8) is 0 Å². The molecule has 312 valence electrons. The van der Waals surface area contributed by atoms with E-state index < -0.39 is 10.8 Å². The van der Waals surface area contributed by atoms with Crippen LogP contribution < -0.4 is 4.74 Å². The summed E-state index contributed by atoms with van der Waals surface area (Å²) in [5, 5.41) is 2.29. The summed E-state index contributed by atoms with van der Waals surface area (Å²) >= 11 is 0. The summed E-state index contributed by atoms with van der Waals surface area (Å²) in [7, 11) is 0. The Morgan fingerprint density at radius 1 is 0.284 bits per heavy atom. The number of hydrogen-bond acceptors (Lipinski definition) is 3. The van der Waals surface area contributed by atoms with Crippen LogP contribution in [0.1, 0.15) is 44.5 Å². The summed E-state index contributed by atoms with van der Waals surface area (Å²) < 4.78 is 6.72. The second kappa shape index (κ2) is 14.4. The van der Waals surface area contributed by atoms with E-state index in [9.17, 15) is 0 Å². The van der Waals surface area contributed by atoms with Crippen molar-refractivity contribution in [1.82, 2.24) is 9.97 Å². The minimum absolute atomic E-state index is 0.570. The van der Waals surface area contributed by atoms with Crippen molar-refractivity contribution in [2.24, 2.45) is 0 Å². The summed E-state index contributed by atoms with van der Waals surface area (Å²) in [6, 6.07) is 88.1. The number of ether oxygens (including phenoxy) is 1. The summed E-state index contributed by atoms with van der Waals surface area (Å²) in [6.07, 6.45) is 0. The monoisotopic (exact) mass is 852 g/mol. The third-order valence-corrected chi connectivity index (χ3v) is 14.6. The highest BCUT2D eigenvalue weighted by atomic mass is 16.5. The van der Waals surface area contributed by atoms with Crippen molar-refractivity contribution < 1.29 is 4.74 Å². The normalized spacial score (nSPS) is 14.0. The van der Waals surface area contributed by atoms with Crippen LogP contribution in [0.15, 0.2) is 243 Å². The lowest BCUT2D eigenvalue weighted by molar-refractivity contribution is 0.429. The molecule has 3 aliphatic rings. The molecule has 0 N–H and O–H groups in total. The molecule has 0 bridgehead atoms. The highest BCUT2D eigenvalue weighted by Crippen LogP contribution is 2.67. The fraction of sp³-hybridized carbons (Fsp3) is 0.0312. The summed E-state index contributed by atoms with van der Waals surface area (Å²) in [4.78, 5) is 10.5. The molecule has 0 fully saturated rings. The fourth-order valence-corrected chi connectivity index (χ4v) is 11.9. The lowest BCUT2D eigenvalue weighted by Crippen LogP contribution is -2.45. The van der Waals surface area contributed by atoms with Gasteiger partial charge in [0.1, 0.15) is 11.5 Å². The Labute approximate surface area is 389 Å². The minimum Gasteiger partial charge on any atom is -0.457 e. The van der Waals surface area contributed by atoms with Gasteiger partial charge in [-0.1, -0.05) is 212 Å². The number of benzene rings is 10. The van der Waals surface area contributed by atoms with Gasteiger partial charge in [-0.25, -0.2) is 9.97 Å². The molecule has 3 nitrogen and oxygen atoms in total. The topological polar surface area (TPSA) is 35.0 Å². The van der Waals surface area contributed by atoms with Gasteiger partial charge in [0.2, 0.25) is 0 Å². The first-order valence-electron chi connectivity index (χ1n) is 23.1. The van der Waals surface area contributed by atoms with Crippen molar-refractivity contribution in [3.8, 4) is 67.7 Å². The van der Waals surface area contributed by atoms with Gasteiger partial charge in [-0.2, -0.15) is 0 Å². The Kier molecular flexibility index (Phi) is 8.11. The maximum absolute atomic E-state index is 6.72. The fourth-order valence-electron chi connectivity index (χ4n) is 11.9. The molecule has 2 spiro atoms. The Morgan fingerprint density at radius 3 is 1.45 bits per heavy atom. The summed E-state index contributed by atoms with van der Waals surface area (Å²) in [5.41, 5.74) is 18.5. The first kappa shape index (κ1) is 37.7. The van der Waals surface area contributed by atoms with Crippen molar-refractivity contribution in [2.45, 2.75) is 10.8 Å². The Morgan fingerprint density at radius 2 is 0.746 bits per heavy atom. The third kappa shape index (κ3) is 5.28. The van der Waals surface area contributed by atoms with Crippen LogP contribution >= 0.6 is 0 Å². The zero-order valence-corrected chi connectivity index (χ0v) is 36.4. The SMILES string of the molecule is c1ccc(-c2cc(-c3cccc(-c4ccc5c(c4)-c4ccccc4C54c5ccccc5C5(c6ccccc6Oc6ccccc65)c5ccccc54)c3)nc(-c3cccc4ccccc34)n2)cc1. The molecule has 2 heterocycles. The molecule has 0 amide bonds. The van der Waals surface area contributed by atoms with Gasteiger partial charge in [-0.05, 0) is 96.7 Å². The third-order valence-electron chi connectivity index (χ3n) is 14.6. The first-order valence-corrected chi connectivity index (χ1v) is 23.1. The molecule has 10 aromatic carbocycles. The lowest BCUT2D eigenvalue weighted by atomic mass is 9.51. The van der Waals surface area contributed by atoms with Crippen molar-refractivity contribution in [2.75, 3.05) is 0 Å². The lowest BCUT2D eigenvalue weighted by Gasteiger charge is -2.51. The highest BCUT2D eigenvalue weighted by Gasteiger charge is 2.58. The highest BCUT2D eigenvalue weighted by molar-refractivity contribution is 5.96. The maximum Gasteiger partial charge on any atom is 0.161 e. The molecule has 1 aliphatic heterocycles. The molecular weight excluding hydrogens is 813 g/mol. The zero-order chi connectivity index (χ0) is 44.1. The Hall–Kier alpha value is -8.66. The second-order valence-electron chi connectivity index (χ2n) is 17.9. The zero-order valence-electron chi connectivity index (χ0n) is 36.4. The Balaban J connectivity index is 0.960. The largest absolute Gasteiger partial charge is 0.457 e. The molecule has 14 rings (SSSR count). The van der Waals surface area contributed by atoms with Gasteiger partial charge in [0.15, 0.2) is 5.82 Å². The number of aromatic nitrogens is 2. The number of fused-ring (bicyclic) bond motifs is 16. The Bertz CT molecular complexity index is 3710. The first-order chi connectivity index (χ1) is 33.2. The molecule has 0 radical (unpaired) electrons. The van der Waals surface area contributed by atoms with Gasteiger partial charge in [0.05, 0.1) is 22.2 Å². The van der Waals surface area contributed by atoms with Crippen LogP contribution in [0.25, 0.3) is 66.9 Å². The van der Waals surface area contributed by atoms with E-state index in [4.69, 9.17) is 14.7 Å². The van der Waals surface area contributed by atoms with Crippen LogP contribution in [0.3, 0.4) is 0 Å². The quantitative estimate of drug-likeness (QED) is 0.177. The van der Waals surface area contributed by atoms with E-state index in [1.54, 1.807) is 0 Å². The van der Waals surface area contributed by atoms with E-state index in [-0.39, 0.29) is 0 Å². The molecule has 0 atom stereocenters. The molecule has 2 aliphatic carbocycles. The van der Waals surface area contributed by atoms with Crippen molar-refractivity contribution in [1.29, 1.82) is 0 Å². The molecule has 11 aromatic rings. The van der Waals surface area contributed by atoms with Crippen LogP contribution in [0.5, 0.6) is 11.5 Å². The average molecular weight is 853 g/mol. The van der Waals surface area contributed by atoms with E-state index in [0.717, 1.165) is 72.6 Å². The molecule has 0 saturated carbocycles. The van der Waals surface area contributed by atoms with E-state index in [1.807, 2.05) is 6.07 Å². The average Bonchev–Trinajstić information content (AvgIpc) is 3.70. The van der Waals surface area contributed by atoms with Gasteiger partial charge in [-0.15, -0.1) is 0 Å². The van der Waals surface area contributed by atoms with Crippen LogP contribution in [-0.2, 0) is 10.8 Å². The van der Waals surface area contributed by atoms with Crippen LogP contribution in [-0.4, -0.2) is 9.97 Å². The smallest absolute Gasteiger partial charge is 0.161 e. The van der Waals surface area contributed by atoms with Gasteiger partial charge in [0, 0.05) is 27.8 Å². The van der Waals surface area contributed by atoms with Gasteiger partial charge in [-0.3, -0.25) is 0 Å². The van der Waals surface area contributed by atoms with Crippen molar-refractivity contribution >= 4 is 10.8 Å². The second-order valence-corrected chi connectivity index (χ2v) is 17.9. The number of rotatable bonds is 4. The number of para-hydroxylation sites is 2. The predicted molar refractivity (Wildman–Crippen MR) is 271 cm³/mol. The number of hydrogen-bond donors (Lipinski definition) is 0. The molecule has 0 saturated heterocycles.